The smallest absolute Gasteiger partial charge is 0.243 e. The van der Waals surface area contributed by atoms with Crippen molar-refractivity contribution in [2.24, 2.45) is 5.92 Å². The highest BCUT2D eigenvalue weighted by molar-refractivity contribution is 7.89. The van der Waals surface area contributed by atoms with Gasteiger partial charge in [0, 0.05) is 25.6 Å². The maximum Gasteiger partial charge on any atom is 0.243 e. The highest BCUT2D eigenvalue weighted by Crippen LogP contribution is 2.30. The second-order valence-electron chi connectivity index (χ2n) is 5.77. The number of halogens is 1. The van der Waals surface area contributed by atoms with Crippen molar-refractivity contribution >= 4 is 27.5 Å². The Balaban J connectivity index is 2.04. The molecule has 134 valence electrons. The highest BCUT2D eigenvalue weighted by Gasteiger charge is 2.32. The number of amides is 1. The standard InChI is InChI=1S/C16H23ClN2O4S/c1-3-8-18-16(20)12-6-9-19(10-7-12)24(21,22)13-4-5-15(23-2)14(17)11-13/h4-5,11-12H,3,6-10H2,1-2H3,(H,18,20). The van der Waals surface area contributed by atoms with Gasteiger partial charge in [0.05, 0.1) is 17.0 Å². The topological polar surface area (TPSA) is 75.7 Å². The molecule has 1 saturated heterocycles. The minimum atomic E-state index is -3.61. The molecule has 1 aromatic rings. The van der Waals surface area contributed by atoms with Gasteiger partial charge in [-0.05, 0) is 37.5 Å². The fourth-order valence-electron chi connectivity index (χ4n) is 2.71. The Morgan fingerprint density at radius 3 is 2.58 bits per heavy atom. The summed E-state index contributed by atoms with van der Waals surface area (Å²) in [6, 6.07) is 4.43. The van der Waals surface area contributed by atoms with Crippen LogP contribution in [0.15, 0.2) is 23.1 Å². The third-order valence-electron chi connectivity index (χ3n) is 4.13. The van der Waals surface area contributed by atoms with Gasteiger partial charge in [0.1, 0.15) is 5.75 Å². The number of ether oxygens (including phenoxy) is 1. The number of rotatable bonds is 6. The minimum absolute atomic E-state index is 0.0152. The normalized spacial score (nSPS) is 16.8. The molecule has 1 N–H and O–H groups in total. The van der Waals surface area contributed by atoms with Crippen LogP contribution < -0.4 is 10.1 Å². The molecule has 0 bridgehead atoms. The van der Waals surface area contributed by atoms with Crippen molar-refractivity contribution in [3.63, 3.8) is 0 Å². The predicted molar refractivity (Wildman–Crippen MR) is 92.8 cm³/mol. The van der Waals surface area contributed by atoms with E-state index >= 15 is 0 Å². The van der Waals surface area contributed by atoms with Crippen molar-refractivity contribution in [2.75, 3.05) is 26.7 Å². The third-order valence-corrected chi connectivity index (χ3v) is 6.32. The van der Waals surface area contributed by atoms with Crippen LogP contribution in [0.2, 0.25) is 5.02 Å². The molecule has 2 rings (SSSR count). The molecule has 1 aliphatic rings. The molecule has 0 aromatic heterocycles. The first kappa shape index (κ1) is 19.0. The number of nitrogens with one attached hydrogen (secondary N) is 1. The molecule has 8 heteroatoms. The quantitative estimate of drug-likeness (QED) is 0.828. The Morgan fingerprint density at radius 1 is 1.38 bits per heavy atom. The van der Waals surface area contributed by atoms with Crippen LogP contribution in [0.25, 0.3) is 0 Å². The first-order chi connectivity index (χ1) is 11.4. The number of piperidine rings is 1. The van der Waals surface area contributed by atoms with E-state index in [1.54, 1.807) is 6.07 Å². The summed E-state index contributed by atoms with van der Waals surface area (Å²) in [7, 11) is -2.14. The van der Waals surface area contributed by atoms with Crippen LogP contribution in [0.4, 0.5) is 0 Å². The summed E-state index contributed by atoms with van der Waals surface area (Å²) >= 11 is 6.03. The Labute approximate surface area is 148 Å². The lowest BCUT2D eigenvalue weighted by atomic mass is 9.97. The van der Waals surface area contributed by atoms with Crippen LogP contribution in [0.3, 0.4) is 0 Å². The van der Waals surface area contributed by atoms with Gasteiger partial charge in [0.15, 0.2) is 0 Å². The average molecular weight is 375 g/mol. The van der Waals surface area contributed by atoms with E-state index in [4.69, 9.17) is 16.3 Å². The number of methoxy groups -OCH3 is 1. The number of sulfonamides is 1. The Kier molecular flexibility index (Phi) is 6.48. The van der Waals surface area contributed by atoms with Crippen molar-refractivity contribution in [3.05, 3.63) is 23.2 Å². The summed E-state index contributed by atoms with van der Waals surface area (Å²) in [6.07, 6.45) is 1.94. The maximum absolute atomic E-state index is 12.7. The van der Waals surface area contributed by atoms with Gasteiger partial charge in [-0.3, -0.25) is 4.79 Å². The van der Waals surface area contributed by atoms with Crippen molar-refractivity contribution < 1.29 is 17.9 Å². The number of benzene rings is 1. The molecule has 1 aromatic carbocycles. The van der Waals surface area contributed by atoms with E-state index in [0.717, 1.165) is 6.42 Å². The number of carbonyl (C=O) groups excluding carboxylic acids is 1. The molecule has 1 heterocycles. The molecule has 0 radical (unpaired) electrons. The van der Waals surface area contributed by atoms with Crippen LogP contribution in [0.5, 0.6) is 5.75 Å². The van der Waals surface area contributed by atoms with E-state index in [-0.39, 0.29) is 21.7 Å². The number of hydrogen-bond donors (Lipinski definition) is 1. The Bertz CT molecular complexity index is 685. The van der Waals surface area contributed by atoms with E-state index in [2.05, 4.69) is 5.32 Å². The largest absolute Gasteiger partial charge is 0.495 e. The number of nitrogens with zero attached hydrogens (tertiary/aromatic N) is 1. The highest BCUT2D eigenvalue weighted by atomic mass is 35.5. The minimum Gasteiger partial charge on any atom is -0.495 e. The molecular weight excluding hydrogens is 352 g/mol. The lowest BCUT2D eigenvalue weighted by Crippen LogP contribution is -2.43. The van der Waals surface area contributed by atoms with Gasteiger partial charge < -0.3 is 10.1 Å². The monoisotopic (exact) mass is 374 g/mol. The number of hydrogen-bond acceptors (Lipinski definition) is 4. The fraction of sp³-hybridized carbons (Fsp3) is 0.562. The van der Waals surface area contributed by atoms with E-state index in [9.17, 15) is 13.2 Å². The van der Waals surface area contributed by atoms with Gasteiger partial charge in [-0.15, -0.1) is 0 Å². The van der Waals surface area contributed by atoms with Gasteiger partial charge in [-0.2, -0.15) is 4.31 Å². The molecule has 0 unspecified atom stereocenters. The maximum atomic E-state index is 12.7. The molecule has 1 fully saturated rings. The van der Waals surface area contributed by atoms with Crippen LogP contribution in [0.1, 0.15) is 26.2 Å². The van der Waals surface area contributed by atoms with Crippen LogP contribution in [0, 0.1) is 5.92 Å². The SMILES string of the molecule is CCCNC(=O)C1CCN(S(=O)(=O)c2ccc(OC)c(Cl)c2)CC1. The van der Waals surface area contributed by atoms with Crippen LogP contribution in [-0.4, -0.2) is 45.4 Å². The second-order valence-corrected chi connectivity index (χ2v) is 8.11. The van der Waals surface area contributed by atoms with Crippen LogP contribution in [-0.2, 0) is 14.8 Å². The van der Waals surface area contributed by atoms with Gasteiger partial charge in [0.25, 0.3) is 0 Å². The van der Waals surface area contributed by atoms with E-state index in [1.165, 1.54) is 23.5 Å². The third kappa shape index (κ3) is 4.20. The van der Waals surface area contributed by atoms with Gasteiger partial charge in [-0.1, -0.05) is 18.5 Å². The summed E-state index contributed by atoms with van der Waals surface area (Å²) in [4.78, 5) is 12.1. The van der Waals surface area contributed by atoms with Gasteiger partial charge in [-0.25, -0.2) is 8.42 Å². The van der Waals surface area contributed by atoms with Gasteiger partial charge >= 0.3 is 0 Å². The second kappa shape index (κ2) is 8.18. The van der Waals surface area contributed by atoms with E-state index in [1.807, 2.05) is 6.92 Å². The average Bonchev–Trinajstić information content (AvgIpc) is 2.59. The summed E-state index contributed by atoms with van der Waals surface area (Å²) in [5.41, 5.74) is 0. The molecule has 24 heavy (non-hydrogen) atoms. The molecule has 0 aliphatic carbocycles. The zero-order chi connectivity index (χ0) is 17.7. The molecule has 0 atom stereocenters. The molecule has 1 aliphatic heterocycles. The number of carbonyl (C=O) groups is 1. The zero-order valence-corrected chi connectivity index (χ0v) is 15.5. The van der Waals surface area contributed by atoms with Gasteiger partial charge in [0.2, 0.25) is 15.9 Å². The van der Waals surface area contributed by atoms with Crippen molar-refractivity contribution in [2.45, 2.75) is 31.1 Å². The molecule has 1 amide bonds. The van der Waals surface area contributed by atoms with E-state index < -0.39 is 10.0 Å². The summed E-state index contributed by atoms with van der Waals surface area (Å²) in [6.45, 7) is 3.31. The lowest BCUT2D eigenvalue weighted by Gasteiger charge is -2.30. The molecular formula is C16H23ClN2O4S. The first-order valence-electron chi connectivity index (χ1n) is 8.01. The summed E-state index contributed by atoms with van der Waals surface area (Å²) in [5.74, 6) is 0.325. The van der Waals surface area contributed by atoms with E-state index in [0.29, 0.717) is 38.2 Å². The van der Waals surface area contributed by atoms with Crippen LogP contribution >= 0.6 is 11.6 Å². The van der Waals surface area contributed by atoms with Crippen molar-refractivity contribution in [1.29, 1.82) is 0 Å². The Morgan fingerprint density at radius 2 is 2.04 bits per heavy atom. The molecule has 6 nitrogen and oxygen atoms in total. The van der Waals surface area contributed by atoms with Crippen molar-refractivity contribution in [3.8, 4) is 5.75 Å². The predicted octanol–water partition coefficient (Wildman–Crippen LogP) is 2.28. The first-order valence-corrected chi connectivity index (χ1v) is 9.83. The molecule has 0 spiro atoms. The lowest BCUT2D eigenvalue weighted by molar-refractivity contribution is -0.126. The fourth-order valence-corrected chi connectivity index (χ4v) is 4.53. The zero-order valence-electron chi connectivity index (χ0n) is 13.9. The summed E-state index contributed by atoms with van der Waals surface area (Å²) in [5, 5.41) is 3.13. The summed E-state index contributed by atoms with van der Waals surface area (Å²) < 4.78 is 31.9. The van der Waals surface area contributed by atoms with Crippen molar-refractivity contribution in [1.82, 2.24) is 9.62 Å². The Hall–Kier alpha value is -1.31. The molecule has 0 saturated carbocycles.